The molecule has 0 spiro atoms. The van der Waals surface area contributed by atoms with Gasteiger partial charge in [0.1, 0.15) is 18.1 Å². The van der Waals surface area contributed by atoms with Crippen LogP contribution in [0.25, 0.3) is 0 Å². The Hall–Kier alpha value is -2.65. The van der Waals surface area contributed by atoms with E-state index in [0.29, 0.717) is 19.8 Å². The molecule has 0 bridgehead atoms. The summed E-state index contributed by atoms with van der Waals surface area (Å²) >= 11 is 5.97. The fourth-order valence-electron chi connectivity index (χ4n) is 2.94. The van der Waals surface area contributed by atoms with Gasteiger partial charge in [-0.05, 0) is 61.2 Å². The zero-order valence-electron chi connectivity index (χ0n) is 16.2. The van der Waals surface area contributed by atoms with Gasteiger partial charge in [-0.15, -0.1) is 0 Å². The second kappa shape index (κ2) is 10.6. The van der Waals surface area contributed by atoms with Gasteiger partial charge in [-0.2, -0.15) is 0 Å². The minimum Gasteiger partial charge on any atom is -0.494 e. The molecule has 0 heterocycles. The van der Waals surface area contributed by atoms with Crippen LogP contribution in [0.3, 0.4) is 0 Å². The van der Waals surface area contributed by atoms with E-state index in [0.717, 1.165) is 40.6 Å². The van der Waals surface area contributed by atoms with Gasteiger partial charge in [0.05, 0.1) is 6.61 Å². The monoisotopic (exact) mass is 395 g/mol. The fraction of sp³-hybridized carbons (Fsp3) is 0.250. The first kappa shape index (κ1) is 20.1. The van der Waals surface area contributed by atoms with E-state index in [1.165, 1.54) is 5.56 Å². The molecule has 3 nitrogen and oxygen atoms in total. The Bertz CT molecular complexity index is 867. The SMILES string of the molecule is Cc1cc(Cl)ccc1OCCNc1cccc(OCCCc2ccccc2)c1. The number of hydrogen-bond acceptors (Lipinski definition) is 3. The average Bonchev–Trinajstić information content (AvgIpc) is 2.71. The van der Waals surface area contributed by atoms with Gasteiger partial charge >= 0.3 is 0 Å². The summed E-state index contributed by atoms with van der Waals surface area (Å²) in [6.45, 7) is 3.98. The van der Waals surface area contributed by atoms with E-state index in [9.17, 15) is 0 Å². The zero-order valence-corrected chi connectivity index (χ0v) is 16.9. The number of ether oxygens (including phenoxy) is 2. The van der Waals surface area contributed by atoms with Gasteiger partial charge in [-0.3, -0.25) is 0 Å². The summed E-state index contributed by atoms with van der Waals surface area (Å²) < 4.78 is 11.7. The van der Waals surface area contributed by atoms with Crippen LogP contribution in [0.1, 0.15) is 17.5 Å². The maximum absolute atomic E-state index is 5.97. The highest BCUT2D eigenvalue weighted by Gasteiger charge is 2.01. The molecule has 0 radical (unpaired) electrons. The van der Waals surface area contributed by atoms with Crippen molar-refractivity contribution >= 4 is 17.3 Å². The Morgan fingerprint density at radius 2 is 1.71 bits per heavy atom. The Morgan fingerprint density at radius 3 is 2.54 bits per heavy atom. The molecule has 1 N–H and O–H groups in total. The number of rotatable bonds is 10. The van der Waals surface area contributed by atoms with E-state index >= 15 is 0 Å². The first-order chi connectivity index (χ1) is 13.7. The second-order valence-corrected chi connectivity index (χ2v) is 7.09. The molecule has 146 valence electrons. The Labute approximate surface area is 172 Å². The third-order valence-electron chi connectivity index (χ3n) is 4.38. The van der Waals surface area contributed by atoms with Crippen LogP contribution < -0.4 is 14.8 Å². The predicted molar refractivity (Wildman–Crippen MR) is 117 cm³/mol. The zero-order chi connectivity index (χ0) is 19.6. The van der Waals surface area contributed by atoms with E-state index in [-0.39, 0.29) is 0 Å². The second-order valence-electron chi connectivity index (χ2n) is 6.65. The lowest BCUT2D eigenvalue weighted by molar-refractivity contribution is 0.311. The fourth-order valence-corrected chi connectivity index (χ4v) is 3.16. The molecule has 28 heavy (non-hydrogen) atoms. The molecule has 0 fully saturated rings. The number of hydrogen-bond donors (Lipinski definition) is 1. The van der Waals surface area contributed by atoms with Gasteiger partial charge in [-0.25, -0.2) is 0 Å². The van der Waals surface area contributed by atoms with Crippen molar-refractivity contribution in [1.82, 2.24) is 0 Å². The van der Waals surface area contributed by atoms with Crippen molar-refractivity contribution in [3.63, 3.8) is 0 Å². The maximum atomic E-state index is 5.97. The lowest BCUT2D eigenvalue weighted by Crippen LogP contribution is -2.12. The standard InChI is InChI=1S/C24H26ClNO2/c1-19-17-21(25)12-13-24(19)28-16-14-26-22-10-5-11-23(18-22)27-15-6-9-20-7-3-2-4-8-20/h2-5,7-8,10-13,17-18,26H,6,9,14-16H2,1H3. The molecule has 0 aliphatic carbocycles. The quantitative estimate of drug-likeness (QED) is 0.417. The number of halogens is 1. The highest BCUT2D eigenvalue weighted by atomic mass is 35.5. The number of aryl methyl sites for hydroxylation is 2. The van der Waals surface area contributed by atoms with Crippen molar-refractivity contribution in [2.75, 3.05) is 25.1 Å². The summed E-state index contributed by atoms with van der Waals surface area (Å²) in [4.78, 5) is 0. The van der Waals surface area contributed by atoms with E-state index in [2.05, 4.69) is 29.6 Å². The Kier molecular flexibility index (Phi) is 7.62. The molecule has 0 saturated carbocycles. The molecule has 3 rings (SSSR count). The molecule has 0 saturated heterocycles. The van der Waals surface area contributed by atoms with Gasteiger partial charge in [-0.1, -0.05) is 48.0 Å². The van der Waals surface area contributed by atoms with Gasteiger partial charge in [0.2, 0.25) is 0 Å². The van der Waals surface area contributed by atoms with E-state index in [1.807, 2.05) is 55.5 Å². The first-order valence-corrected chi connectivity index (χ1v) is 9.98. The van der Waals surface area contributed by atoms with Crippen LogP contribution in [0.4, 0.5) is 5.69 Å². The van der Waals surface area contributed by atoms with Gasteiger partial charge in [0.15, 0.2) is 0 Å². The number of benzene rings is 3. The highest BCUT2D eigenvalue weighted by Crippen LogP contribution is 2.22. The van der Waals surface area contributed by atoms with Crippen molar-refractivity contribution in [3.05, 3.63) is 88.9 Å². The summed E-state index contributed by atoms with van der Waals surface area (Å²) in [6, 6.07) is 24.2. The minimum atomic E-state index is 0.574. The lowest BCUT2D eigenvalue weighted by atomic mass is 10.1. The Balaban J connectivity index is 1.38. The highest BCUT2D eigenvalue weighted by molar-refractivity contribution is 6.30. The summed E-state index contributed by atoms with van der Waals surface area (Å²) in [5, 5.41) is 4.10. The van der Waals surface area contributed by atoms with Crippen molar-refractivity contribution < 1.29 is 9.47 Å². The molecular weight excluding hydrogens is 370 g/mol. The van der Waals surface area contributed by atoms with Crippen LogP contribution in [0, 0.1) is 6.92 Å². The minimum absolute atomic E-state index is 0.574. The van der Waals surface area contributed by atoms with E-state index in [4.69, 9.17) is 21.1 Å². The Morgan fingerprint density at radius 1 is 0.857 bits per heavy atom. The van der Waals surface area contributed by atoms with Crippen LogP contribution in [-0.4, -0.2) is 19.8 Å². The predicted octanol–water partition coefficient (Wildman–Crippen LogP) is 6.15. The molecule has 0 aliphatic rings. The van der Waals surface area contributed by atoms with Gasteiger partial charge in [0.25, 0.3) is 0 Å². The van der Waals surface area contributed by atoms with Crippen molar-refractivity contribution in [2.24, 2.45) is 0 Å². The maximum Gasteiger partial charge on any atom is 0.122 e. The van der Waals surface area contributed by atoms with Gasteiger partial charge in [0, 0.05) is 23.3 Å². The molecule has 0 unspecified atom stereocenters. The molecular formula is C24H26ClNO2. The average molecular weight is 396 g/mol. The molecule has 0 amide bonds. The van der Waals surface area contributed by atoms with Crippen LogP contribution in [0.2, 0.25) is 5.02 Å². The summed E-state index contributed by atoms with van der Waals surface area (Å²) in [5.74, 6) is 1.74. The van der Waals surface area contributed by atoms with Crippen LogP contribution in [-0.2, 0) is 6.42 Å². The van der Waals surface area contributed by atoms with Gasteiger partial charge < -0.3 is 14.8 Å². The first-order valence-electron chi connectivity index (χ1n) is 9.60. The summed E-state index contributed by atoms with van der Waals surface area (Å²) in [6.07, 6.45) is 2.02. The van der Waals surface area contributed by atoms with Crippen molar-refractivity contribution in [2.45, 2.75) is 19.8 Å². The van der Waals surface area contributed by atoms with E-state index in [1.54, 1.807) is 0 Å². The topological polar surface area (TPSA) is 30.5 Å². The number of nitrogens with one attached hydrogen (secondary N) is 1. The molecule has 3 aromatic carbocycles. The molecule has 0 aromatic heterocycles. The molecule has 0 aliphatic heterocycles. The van der Waals surface area contributed by atoms with Crippen molar-refractivity contribution in [1.29, 1.82) is 0 Å². The van der Waals surface area contributed by atoms with E-state index < -0.39 is 0 Å². The van der Waals surface area contributed by atoms with Crippen LogP contribution in [0.5, 0.6) is 11.5 Å². The number of anilines is 1. The van der Waals surface area contributed by atoms with Crippen LogP contribution >= 0.6 is 11.6 Å². The van der Waals surface area contributed by atoms with Crippen molar-refractivity contribution in [3.8, 4) is 11.5 Å². The molecule has 0 atom stereocenters. The third kappa shape index (κ3) is 6.50. The normalized spacial score (nSPS) is 10.5. The lowest BCUT2D eigenvalue weighted by Gasteiger charge is -2.12. The molecule has 3 aromatic rings. The van der Waals surface area contributed by atoms with Crippen LogP contribution in [0.15, 0.2) is 72.8 Å². The summed E-state index contributed by atoms with van der Waals surface area (Å²) in [5.41, 5.74) is 3.41. The smallest absolute Gasteiger partial charge is 0.122 e. The summed E-state index contributed by atoms with van der Waals surface area (Å²) in [7, 11) is 0. The molecule has 4 heteroatoms. The largest absolute Gasteiger partial charge is 0.494 e. The third-order valence-corrected chi connectivity index (χ3v) is 4.62.